The molecule has 16 nitrogen and oxygen atoms in total. The molecule has 1 aromatic heterocycles. The van der Waals surface area contributed by atoms with Crippen molar-refractivity contribution in [2.75, 3.05) is 31.1 Å². The van der Waals surface area contributed by atoms with Gasteiger partial charge < -0.3 is 35.9 Å². The fourth-order valence-electron chi connectivity index (χ4n) is 5.17. The fraction of sp³-hybridized carbons (Fsp3) is 0.500. The first-order valence-electron chi connectivity index (χ1n) is 13.0. The van der Waals surface area contributed by atoms with Crippen LogP contribution in [-0.2, 0) is 33.4 Å². The standard InChI is InChI=1S/C24H28N8O8S2/c1-10(33)39-11(2)40-23(37)17-13(7-12-4-6-31(20(12)35)14-3-5-26-8-14)9-41-22-16(21(36)32(17)22)27-19(34)15(29-38)18-28-24(25)42-30-18/h7,11,14,16,22,26,38H,3-6,8-9H2,1-2H3,(H,27,34)(H2,25,28,30)/b12-7+,29-15-/t11?,14?,16?,22-/m1/s1. The number of fused-ring (bicyclic) bond motifs is 1. The van der Waals surface area contributed by atoms with Crippen LogP contribution in [0, 0.1) is 0 Å². The van der Waals surface area contributed by atoms with E-state index in [9.17, 15) is 29.2 Å². The monoisotopic (exact) mass is 620 g/mol. The van der Waals surface area contributed by atoms with Gasteiger partial charge in [-0.05, 0) is 31.0 Å². The molecule has 42 heavy (non-hydrogen) atoms. The number of nitrogens with two attached hydrogens (primary N) is 1. The third kappa shape index (κ3) is 5.68. The number of hydrogen-bond acceptors (Lipinski definition) is 15. The summed E-state index contributed by atoms with van der Waals surface area (Å²) in [5, 5.41) is 17.4. The molecule has 3 saturated heterocycles. The van der Waals surface area contributed by atoms with Crippen molar-refractivity contribution in [2.24, 2.45) is 5.16 Å². The number of amides is 3. The number of aromatic nitrogens is 2. The number of rotatable bonds is 8. The van der Waals surface area contributed by atoms with Gasteiger partial charge >= 0.3 is 11.9 Å². The van der Waals surface area contributed by atoms with Crippen molar-refractivity contribution in [3.63, 3.8) is 0 Å². The van der Waals surface area contributed by atoms with Gasteiger partial charge in [-0.15, -0.1) is 11.8 Å². The molecule has 0 aliphatic carbocycles. The first-order chi connectivity index (χ1) is 20.1. The van der Waals surface area contributed by atoms with E-state index in [1.807, 2.05) is 4.90 Å². The van der Waals surface area contributed by atoms with E-state index in [0.29, 0.717) is 24.1 Å². The molecule has 224 valence electrons. The molecule has 3 amide bonds. The molecule has 0 aromatic carbocycles. The van der Waals surface area contributed by atoms with Crippen LogP contribution < -0.4 is 16.4 Å². The van der Waals surface area contributed by atoms with Crippen molar-refractivity contribution in [1.82, 2.24) is 29.8 Å². The van der Waals surface area contributed by atoms with E-state index in [1.54, 1.807) is 6.08 Å². The first kappa shape index (κ1) is 29.5. The normalized spacial score (nSPS) is 25.8. The highest BCUT2D eigenvalue weighted by molar-refractivity contribution is 8.00. The van der Waals surface area contributed by atoms with E-state index in [1.165, 1.54) is 23.6 Å². The van der Waals surface area contributed by atoms with Gasteiger partial charge in [0.2, 0.25) is 23.7 Å². The van der Waals surface area contributed by atoms with E-state index in [4.69, 9.17) is 15.2 Å². The number of hydrogen-bond donors (Lipinski definition) is 4. The molecule has 4 aliphatic rings. The molecule has 0 saturated carbocycles. The van der Waals surface area contributed by atoms with Gasteiger partial charge in [0.25, 0.3) is 11.8 Å². The lowest BCUT2D eigenvalue weighted by molar-refractivity contribution is -0.182. The van der Waals surface area contributed by atoms with E-state index < -0.39 is 47.2 Å². The van der Waals surface area contributed by atoms with Crippen molar-refractivity contribution >= 4 is 63.8 Å². The Kier molecular flexibility index (Phi) is 8.46. The number of ether oxygens (including phenoxy) is 2. The Hall–Kier alpha value is -4.03. The summed E-state index contributed by atoms with van der Waals surface area (Å²) in [6.45, 7) is 4.62. The molecule has 4 atom stereocenters. The molecule has 18 heteroatoms. The summed E-state index contributed by atoms with van der Waals surface area (Å²) in [4.78, 5) is 70.9. The molecule has 3 fully saturated rings. The summed E-state index contributed by atoms with van der Waals surface area (Å²) in [7, 11) is 0. The third-order valence-corrected chi connectivity index (χ3v) is 8.88. The lowest BCUT2D eigenvalue weighted by atomic mass is 10.0. The van der Waals surface area contributed by atoms with Crippen molar-refractivity contribution in [2.45, 2.75) is 50.4 Å². The smallest absolute Gasteiger partial charge is 0.358 e. The van der Waals surface area contributed by atoms with Crippen LogP contribution in [-0.4, -0.2) is 109 Å². The minimum absolute atomic E-state index is 0.0503. The van der Waals surface area contributed by atoms with Gasteiger partial charge in [-0.3, -0.25) is 24.1 Å². The van der Waals surface area contributed by atoms with Crippen molar-refractivity contribution in [1.29, 1.82) is 0 Å². The van der Waals surface area contributed by atoms with E-state index in [0.717, 1.165) is 38.0 Å². The highest BCUT2D eigenvalue weighted by atomic mass is 32.2. The molecule has 1 aromatic rings. The number of β-lactam (4-membered cyclic amide) rings is 1. The number of oxime groups is 1. The molecule has 5 rings (SSSR count). The number of nitrogens with zero attached hydrogens (tertiary/aromatic N) is 5. The van der Waals surface area contributed by atoms with Crippen LogP contribution in [0.5, 0.6) is 0 Å². The number of nitrogen functional groups attached to an aromatic ring is 1. The van der Waals surface area contributed by atoms with Crippen molar-refractivity contribution in [3.05, 3.63) is 28.7 Å². The van der Waals surface area contributed by atoms with Crippen molar-refractivity contribution in [3.8, 4) is 0 Å². The SMILES string of the molecule is CC(=O)OC(C)OC(=O)C1=C(/C=C2\CCN(C3CCNC3)C2=O)CS[C@@H]2C(NC(=O)/C(=N\O)c3nsc(N)n3)C(=O)N12. The van der Waals surface area contributed by atoms with E-state index in [-0.39, 0.29) is 34.4 Å². The number of nitrogens with one attached hydrogen (secondary N) is 2. The maximum atomic E-state index is 13.4. The summed E-state index contributed by atoms with van der Waals surface area (Å²) >= 11 is 2.06. The second kappa shape index (κ2) is 12.1. The molecule has 5 heterocycles. The molecular weight excluding hydrogens is 592 g/mol. The second-order valence-corrected chi connectivity index (χ2v) is 11.7. The second-order valence-electron chi connectivity index (χ2n) is 9.79. The van der Waals surface area contributed by atoms with E-state index >= 15 is 0 Å². The Balaban J connectivity index is 1.39. The highest BCUT2D eigenvalue weighted by Gasteiger charge is 2.55. The molecular formula is C24H28N8O8S2. The topological polar surface area (TPSA) is 219 Å². The minimum atomic E-state index is -1.24. The van der Waals surface area contributed by atoms with Gasteiger partial charge in [-0.1, -0.05) is 5.16 Å². The number of likely N-dealkylation sites (tertiary alicyclic amines) is 1. The molecule has 0 radical (unpaired) electrons. The number of allylic oxidation sites excluding steroid dienone is 1. The van der Waals surface area contributed by atoms with Gasteiger partial charge in [-0.2, -0.15) is 9.36 Å². The van der Waals surface area contributed by atoms with Crippen LogP contribution in [0.15, 0.2) is 28.1 Å². The van der Waals surface area contributed by atoms with E-state index in [2.05, 4.69) is 25.1 Å². The fourth-order valence-corrected chi connectivity index (χ4v) is 6.91. The molecule has 5 N–H and O–H groups in total. The maximum Gasteiger partial charge on any atom is 0.358 e. The average molecular weight is 621 g/mol. The predicted molar refractivity (Wildman–Crippen MR) is 148 cm³/mol. The Morgan fingerprint density at radius 2 is 2.10 bits per heavy atom. The van der Waals surface area contributed by atoms with Crippen LogP contribution in [0.25, 0.3) is 0 Å². The Morgan fingerprint density at radius 1 is 1.31 bits per heavy atom. The van der Waals surface area contributed by atoms with Crippen LogP contribution in [0.4, 0.5) is 5.13 Å². The lowest BCUT2D eigenvalue weighted by Crippen LogP contribution is -2.71. The summed E-state index contributed by atoms with van der Waals surface area (Å²) in [6.07, 6.45) is 1.71. The minimum Gasteiger partial charge on any atom is -0.426 e. The number of carbonyl (C=O) groups is 5. The summed E-state index contributed by atoms with van der Waals surface area (Å²) in [5.74, 6) is -3.28. The average Bonchev–Trinajstić information content (AvgIpc) is 3.69. The van der Waals surface area contributed by atoms with Gasteiger partial charge in [0.05, 0.1) is 0 Å². The zero-order valence-electron chi connectivity index (χ0n) is 22.6. The molecule has 4 aliphatic heterocycles. The quantitative estimate of drug-likeness (QED) is 0.0518. The predicted octanol–water partition coefficient (Wildman–Crippen LogP) is -1.07. The van der Waals surface area contributed by atoms with Crippen LogP contribution in [0.3, 0.4) is 0 Å². The Labute approximate surface area is 247 Å². The highest BCUT2D eigenvalue weighted by Crippen LogP contribution is 2.42. The molecule has 0 spiro atoms. The zero-order chi connectivity index (χ0) is 30.1. The summed E-state index contributed by atoms with van der Waals surface area (Å²) < 4.78 is 14.1. The van der Waals surface area contributed by atoms with Crippen LogP contribution in [0.1, 0.15) is 32.5 Å². The number of carbonyl (C=O) groups excluding carboxylic acids is 5. The van der Waals surface area contributed by atoms with Crippen LogP contribution >= 0.6 is 23.3 Å². The molecule has 0 bridgehead atoms. The largest absolute Gasteiger partial charge is 0.426 e. The van der Waals surface area contributed by atoms with Crippen molar-refractivity contribution < 1.29 is 38.7 Å². The maximum absolute atomic E-state index is 13.4. The third-order valence-electron chi connectivity index (χ3n) is 7.03. The number of thioether (sulfide) groups is 1. The lowest BCUT2D eigenvalue weighted by Gasteiger charge is -2.49. The van der Waals surface area contributed by atoms with Gasteiger partial charge in [0.1, 0.15) is 17.1 Å². The van der Waals surface area contributed by atoms with Gasteiger partial charge in [0.15, 0.2) is 5.13 Å². The number of anilines is 1. The Morgan fingerprint density at radius 3 is 2.74 bits per heavy atom. The van der Waals surface area contributed by atoms with Crippen LogP contribution in [0.2, 0.25) is 0 Å². The van der Waals surface area contributed by atoms with Gasteiger partial charge in [-0.25, -0.2) is 4.79 Å². The molecule has 3 unspecified atom stereocenters. The summed E-state index contributed by atoms with van der Waals surface area (Å²) in [6, 6.07) is -0.988. The van der Waals surface area contributed by atoms with Gasteiger partial charge in [0, 0.05) is 55.8 Å². The summed E-state index contributed by atoms with van der Waals surface area (Å²) in [5.41, 5.74) is 5.80. The zero-order valence-corrected chi connectivity index (χ0v) is 24.2. The Bertz CT molecular complexity index is 1420. The number of esters is 2. The first-order valence-corrected chi connectivity index (χ1v) is 14.8.